The van der Waals surface area contributed by atoms with Crippen LogP contribution in [0.3, 0.4) is 0 Å². The van der Waals surface area contributed by atoms with Crippen molar-refractivity contribution in [2.45, 2.75) is 96.9 Å². The van der Waals surface area contributed by atoms with Crippen molar-refractivity contribution in [1.82, 2.24) is 25.9 Å². The first-order chi connectivity index (χ1) is 15.2. The number of rotatable bonds is 8. The zero-order valence-electron chi connectivity index (χ0n) is 21.0. The molecule has 0 aromatic rings. The van der Waals surface area contributed by atoms with Gasteiger partial charge in [0, 0.05) is 23.7 Å². The van der Waals surface area contributed by atoms with Crippen LogP contribution in [-0.2, 0) is 19.2 Å². The van der Waals surface area contributed by atoms with Gasteiger partial charge < -0.3 is 26.1 Å². The Morgan fingerprint density at radius 2 is 1.70 bits per heavy atom. The second-order valence-corrected chi connectivity index (χ2v) is 11.2. The highest BCUT2D eigenvalue weighted by Gasteiger charge is 2.45. The van der Waals surface area contributed by atoms with Crippen LogP contribution in [0.4, 0.5) is 0 Å². The molecular weight excluding hydrogens is 426 g/mol. The van der Waals surface area contributed by atoms with Gasteiger partial charge in [0.25, 0.3) is 0 Å². The highest BCUT2D eigenvalue weighted by molar-refractivity contribution is 5.92. The number of hydrogen-bond acceptors (Lipinski definition) is 6. The summed E-state index contributed by atoms with van der Waals surface area (Å²) in [6, 6.07) is -1.54. The molecule has 3 unspecified atom stereocenters. The van der Waals surface area contributed by atoms with E-state index in [1.165, 1.54) is 9.96 Å². The van der Waals surface area contributed by atoms with Crippen LogP contribution >= 0.6 is 0 Å². The van der Waals surface area contributed by atoms with Crippen LogP contribution in [0.15, 0.2) is 0 Å². The van der Waals surface area contributed by atoms with E-state index in [1.54, 1.807) is 0 Å². The minimum atomic E-state index is -0.815. The molecule has 2 saturated heterocycles. The molecule has 2 aliphatic rings. The molecule has 0 aliphatic carbocycles. The molecular formula is C23H41N5O5. The summed E-state index contributed by atoms with van der Waals surface area (Å²) in [5, 5.41) is 20.1. The predicted octanol–water partition coefficient (Wildman–Crippen LogP) is 0.637. The first-order valence-electron chi connectivity index (χ1n) is 11.8. The number of carbonyl (C=O) groups is 4. The Labute approximate surface area is 196 Å². The first-order valence-corrected chi connectivity index (χ1v) is 11.8. The Bertz CT molecular complexity index is 736. The maximum atomic E-state index is 12.8. The molecule has 33 heavy (non-hydrogen) atoms. The zero-order valence-corrected chi connectivity index (χ0v) is 21.0. The predicted molar refractivity (Wildman–Crippen MR) is 123 cm³/mol. The number of nitrogens with one attached hydrogen (secondary N) is 3. The third-order valence-corrected chi connectivity index (χ3v) is 6.66. The van der Waals surface area contributed by atoms with Crippen molar-refractivity contribution in [3.8, 4) is 0 Å². The average molecular weight is 468 g/mol. The van der Waals surface area contributed by atoms with E-state index in [1.807, 2.05) is 48.5 Å². The summed E-state index contributed by atoms with van der Waals surface area (Å²) in [6.07, 6.45) is 2.37. The first kappa shape index (κ1) is 27.0. The van der Waals surface area contributed by atoms with E-state index >= 15 is 0 Å². The Balaban J connectivity index is 1.91. The van der Waals surface area contributed by atoms with E-state index in [9.17, 15) is 24.4 Å². The monoisotopic (exact) mass is 467 g/mol. The number of hydrogen-bond donors (Lipinski definition) is 4. The highest BCUT2D eigenvalue weighted by atomic mass is 16.5. The fourth-order valence-electron chi connectivity index (χ4n) is 5.17. The molecule has 4 N–H and O–H groups in total. The van der Waals surface area contributed by atoms with Crippen LogP contribution in [0.2, 0.25) is 0 Å². The number of nitrogens with zero attached hydrogens (tertiary/aromatic N) is 2. The molecule has 3 atom stereocenters. The van der Waals surface area contributed by atoms with Gasteiger partial charge in [-0.1, -0.05) is 20.8 Å². The van der Waals surface area contributed by atoms with Crippen molar-refractivity contribution >= 4 is 24.1 Å². The van der Waals surface area contributed by atoms with Gasteiger partial charge in [-0.25, -0.2) is 0 Å². The minimum Gasteiger partial charge on any atom is -0.352 e. The molecule has 0 spiro atoms. The van der Waals surface area contributed by atoms with Crippen LogP contribution in [0.5, 0.6) is 0 Å². The molecule has 10 heteroatoms. The van der Waals surface area contributed by atoms with Crippen molar-refractivity contribution < 1.29 is 24.4 Å². The van der Waals surface area contributed by atoms with Crippen molar-refractivity contribution in [3.63, 3.8) is 0 Å². The number of amides is 4. The summed E-state index contributed by atoms with van der Waals surface area (Å²) in [7, 11) is 0. The van der Waals surface area contributed by atoms with Gasteiger partial charge in [-0.3, -0.25) is 19.2 Å². The smallest absolute Gasteiger partial charge is 0.243 e. The largest absolute Gasteiger partial charge is 0.352 e. The van der Waals surface area contributed by atoms with Crippen molar-refractivity contribution in [3.05, 3.63) is 0 Å². The van der Waals surface area contributed by atoms with E-state index in [-0.39, 0.29) is 36.2 Å². The molecule has 2 aliphatic heterocycles. The molecule has 2 rings (SSSR count). The molecule has 0 saturated carbocycles. The van der Waals surface area contributed by atoms with E-state index in [2.05, 4.69) is 16.0 Å². The van der Waals surface area contributed by atoms with Gasteiger partial charge in [-0.05, 0) is 58.8 Å². The van der Waals surface area contributed by atoms with Crippen LogP contribution in [0, 0.1) is 11.8 Å². The molecule has 0 bridgehead atoms. The van der Waals surface area contributed by atoms with E-state index in [4.69, 9.17) is 0 Å². The lowest BCUT2D eigenvalue weighted by Crippen LogP contribution is -2.63. The standard InChI is InChI=1S/C23H41N5O5/c1-14(2)19(26-20(31)17-8-15(3)12-27(17)13-29)21(32)24-11-18(30)25-16-9-22(4,5)28(33)23(6,7)10-16/h13-17,19,33H,8-12H2,1-7H3,(H,24,32)(H,25,30)(H,26,31). The average Bonchev–Trinajstić information content (AvgIpc) is 3.08. The zero-order chi connectivity index (χ0) is 25.1. The van der Waals surface area contributed by atoms with Crippen molar-refractivity contribution in [2.75, 3.05) is 13.1 Å². The lowest BCUT2D eigenvalue weighted by Gasteiger charge is -2.51. The molecule has 0 aromatic heterocycles. The molecule has 188 valence electrons. The summed E-state index contributed by atoms with van der Waals surface area (Å²) >= 11 is 0. The van der Waals surface area contributed by atoms with Crippen molar-refractivity contribution in [1.29, 1.82) is 0 Å². The second-order valence-electron chi connectivity index (χ2n) is 11.2. The van der Waals surface area contributed by atoms with E-state index in [0.29, 0.717) is 32.2 Å². The number of carbonyl (C=O) groups excluding carboxylic acids is 4. The summed E-state index contributed by atoms with van der Waals surface area (Å²) in [5.74, 6) is -1.10. The Morgan fingerprint density at radius 1 is 1.12 bits per heavy atom. The quantitative estimate of drug-likeness (QED) is 0.388. The Hall–Kier alpha value is -2.20. The van der Waals surface area contributed by atoms with Crippen LogP contribution < -0.4 is 16.0 Å². The van der Waals surface area contributed by atoms with Gasteiger partial charge in [0.2, 0.25) is 24.1 Å². The minimum absolute atomic E-state index is 0.137. The topological polar surface area (TPSA) is 131 Å². The van der Waals surface area contributed by atoms with Gasteiger partial charge in [0.05, 0.1) is 6.54 Å². The normalized spacial score (nSPS) is 26.0. The number of piperidine rings is 1. The Kier molecular flexibility index (Phi) is 8.51. The molecule has 0 aromatic carbocycles. The van der Waals surface area contributed by atoms with Gasteiger partial charge in [0.1, 0.15) is 12.1 Å². The number of likely N-dealkylation sites (tertiary alicyclic amines) is 1. The van der Waals surface area contributed by atoms with Crippen LogP contribution in [0.25, 0.3) is 0 Å². The lowest BCUT2D eigenvalue weighted by atomic mass is 9.79. The molecule has 2 heterocycles. The van der Waals surface area contributed by atoms with Gasteiger partial charge in [-0.2, -0.15) is 5.06 Å². The summed E-state index contributed by atoms with van der Waals surface area (Å²) in [4.78, 5) is 50.8. The summed E-state index contributed by atoms with van der Waals surface area (Å²) < 4.78 is 0. The maximum absolute atomic E-state index is 12.8. The fraction of sp³-hybridized carbons (Fsp3) is 0.826. The summed E-state index contributed by atoms with van der Waals surface area (Å²) in [6.45, 7) is 13.6. The molecule has 2 fully saturated rings. The van der Waals surface area contributed by atoms with Gasteiger partial charge in [0.15, 0.2) is 0 Å². The third kappa shape index (κ3) is 6.66. The maximum Gasteiger partial charge on any atom is 0.243 e. The van der Waals surface area contributed by atoms with E-state index < -0.39 is 29.1 Å². The fourth-order valence-corrected chi connectivity index (χ4v) is 5.17. The second kappa shape index (κ2) is 10.4. The third-order valence-electron chi connectivity index (χ3n) is 6.66. The van der Waals surface area contributed by atoms with Crippen LogP contribution in [-0.4, -0.2) is 81.6 Å². The number of hydroxylamine groups is 2. The molecule has 0 radical (unpaired) electrons. The van der Waals surface area contributed by atoms with Crippen molar-refractivity contribution in [2.24, 2.45) is 11.8 Å². The highest BCUT2D eigenvalue weighted by Crippen LogP contribution is 2.36. The molecule has 4 amide bonds. The van der Waals surface area contributed by atoms with Crippen LogP contribution in [0.1, 0.15) is 67.7 Å². The van der Waals surface area contributed by atoms with E-state index in [0.717, 1.165) is 0 Å². The van der Waals surface area contributed by atoms with Gasteiger partial charge in [-0.15, -0.1) is 0 Å². The lowest BCUT2D eigenvalue weighted by molar-refractivity contribution is -0.246. The molecule has 10 nitrogen and oxygen atoms in total. The summed E-state index contributed by atoms with van der Waals surface area (Å²) in [5.41, 5.74) is -0.994. The Morgan fingerprint density at radius 3 is 2.21 bits per heavy atom. The van der Waals surface area contributed by atoms with Gasteiger partial charge >= 0.3 is 0 Å². The SMILES string of the molecule is CC1CC(C(=O)NC(C(=O)NCC(=O)NC2CC(C)(C)N(O)C(C)(C)C2)C(C)C)N(C=O)C1.